The zero-order chi connectivity index (χ0) is 20.8. The highest BCUT2D eigenvalue weighted by Gasteiger charge is 2.16. The van der Waals surface area contributed by atoms with Gasteiger partial charge in [0.2, 0.25) is 5.91 Å². The number of hydrogen-bond acceptors (Lipinski definition) is 7. The molecule has 3 aromatic rings. The zero-order valence-corrected chi connectivity index (χ0v) is 17.1. The standard InChI is InChI=1S/C21H26N6O3/c1-29-19-7-6-16-4-2-3-5-17(16)18(19)14-22-21(28)8-9-27-20(23-24-25-27)15-26-10-12-30-13-11-26/h2-7H,8-15H2,1H3,(H,22,28). The van der Waals surface area contributed by atoms with Crippen LogP contribution in [0.4, 0.5) is 0 Å². The van der Waals surface area contributed by atoms with Gasteiger partial charge >= 0.3 is 0 Å². The highest BCUT2D eigenvalue weighted by Crippen LogP contribution is 2.27. The fraction of sp³-hybridized carbons (Fsp3) is 0.429. The first-order valence-electron chi connectivity index (χ1n) is 10.1. The van der Waals surface area contributed by atoms with Crippen LogP contribution in [0.2, 0.25) is 0 Å². The number of carbonyl (C=O) groups excluding carboxylic acids is 1. The van der Waals surface area contributed by atoms with Crippen LogP contribution in [0.3, 0.4) is 0 Å². The molecular formula is C21H26N6O3. The Morgan fingerprint density at radius 3 is 2.87 bits per heavy atom. The van der Waals surface area contributed by atoms with E-state index >= 15 is 0 Å². The number of ether oxygens (including phenoxy) is 2. The number of amides is 1. The fourth-order valence-electron chi connectivity index (χ4n) is 3.64. The third kappa shape index (κ3) is 4.74. The second-order valence-electron chi connectivity index (χ2n) is 7.20. The number of rotatable bonds is 8. The highest BCUT2D eigenvalue weighted by molar-refractivity contribution is 5.88. The molecule has 0 radical (unpaired) electrons. The number of nitrogens with one attached hydrogen (secondary N) is 1. The van der Waals surface area contributed by atoms with Crippen LogP contribution in [0.5, 0.6) is 5.75 Å². The van der Waals surface area contributed by atoms with Gasteiger partial charge in [0, 0.05) is 31.6 Å². The van der Waals surface area contributed by atoms with E-state index in [1.165, 1.54) is 0 Å². The lowest BCUT2D eigenvalue weighted by Gasteiger charge is -2.25. The summed E-state index contributed by atoms with van der Waals surface area (Å²) < 4.78 is 12.6. The lowest BCUT2D eigenvalue weighted by atomic mass is 10.0. The maximum absolute atomic E-state index is 12.5. The number of benzene rings is 2. The van der Waals surface area contributed by atoms with Crippen molar-refractivity contribution < 1.29 is 14.3 Å². The zero-order valence-electron chi connectivity index (χ0n) is 17.1. The van der Waals surface area contributed by atoms with E-state index in [-0.39, 0.29) is 5.91 Å². The smallest absolute Gasteiger partial charge is 0.222 e. The third-order valence-corrected chi connectivity index (χ3v) is 5.31. The number of aryl methyl sites for hydroxylation is 1. The Balaban J connectivity index is 1.34. The number of fused-ring (bicyclic) bond motifs is 1. The normalized spacial score (nSPS) is 14.7. The van der Waals surface area contributed by atoms with Gasteiger partial charge in [-0.1, -0.05) is 30.3 Å². The molecule has 0 aliphatic carbocycles. The molecule has 1 aromatic heterocycles. The van der Waals surface area contributed by atoms with Crippen LogP contribution in [-0.2, 0) is 29.2 Å². The van der Waals surface area contributed by atoms with Crippen LogP contribution in [0.15, 0.2) is 36.4 Å². The van der Waals surface area contributed by atoms with Gasteiger partial charge in [-0.25, -0.2) is 4.68 Å². The van der Waals surface area contributed by atoms with Crippen molar-refractivity contribution in [3.63, 3.8) is 0 Å². The number of morpholine rings is 1. The molecule has 30 heavy (non-hydrogen) atoms. The number of tetrazole rings is 1. The van der Waals surface area contributed by atoms with Crippen molar-refractivity contribution >= 4 is 16.7 Å². The molecule has 158 valence electrons. The first-order chi connectivity index (χ1) is 14.7. The van der Waals surface area contributed by atoms with Gasteiger partial charge in [-0.15, -0.1) is 5.10 Å². The van der Waals surface area contributed by atoms with Crippen LogP contribution in [0.1, 0.15) is 17.8 Å². The van der Waals surface area contributed by atoms with Gasteiger partial charge < -0.3 is 14.8 Å². The molecule has 2 aromatic carbocycles. The SMILES string of the molecule is COc1ccc2ccccc2c1CNC(=O)CCn1nnnc1CN1CCOCC1. The minimum atomic E-state index is -0.0576. The quantitative estimate of drug-likeness (QED) is 0.599. The van der Waals surface area contributed by atoms with E-state index in [0.29, 0.717) is 26.1 Å². The Morgan fingerprint density at radius 1 is 1.20 bits per heavy atom. The Bertz CT molecular complexity index is 999. The number of aromatic nitrogens is 4. The number of carbonyl (C=O) groups is 1. The van der Waals surface area contributed by atoms with E-state index in [1.54, 1.807) is 11.8 Å². The summed E-state index contributed by atoms with van der Waals surface area (Å²) in [6.07, 6.45) is 0.300. The molecule has 1 aliphatic heterocycles. The van der Waals surface area contributed by atoms with E-state index in [2.05, 4.69) is 25.7 Å². The number of methoxy groups -OCH3 is 1. The summed E-state index contributed by atoms with van der Waals surface area (Å²) in [5, 5.41) is 17.1. The molecule has 1 N–H and O–H groups in total. The molecular weight excluding hydrogens is 384 g/mol. The molecule has 9 nitrogen and oxygen atoms in total. The Hall–Kier alpha value is -3.04. The first-order valence-corrected chi connectivity index (χ1v) is 10.1. The molecule has 9 heteroatoms. The van der Waals surface area contributed by atoms with Crippen LogP contribution in [-0.4, -0.2) is 64.4 Å². The summed E-state index contributed by atoms with van der Waals surface area (Å²) in [5.41, 5.74) is 0.972. The maximum Gasteiger partial charge on any atom is 0.222 e. The average Bonchev–Trinajstić information content (AvgIpc) is 3.23. The van der Waals surface area contributed by atoms with Gasteiger partial charge in [-0.05, 0) is 27.3 Å². The molecule has 4 rings (SSSR count). The van der Waals surface area contributed by atoms with Crippen molar-refractivity contribution in [1.82, 2.24) is 30.4 Å². The van der Waals surface area contributed by atoms with Gasteiger partial charge in [0.25, 0.3) is 0 Å². The Kier molecular flexibility index (Phi) is 6.50. The monoisotopic (exact) mass is 410 g/mol. The molecule has 2 heterocycles. The van der Waals surface area contributed by atoms with E-state index in [4.69, 9.17) is 9.47 Å². The first kappa shape index (κ1) is 20.2. The van der Waals surface area contributed by atoms with Gasteiger partial charge in [0.15, 0.2) is 5.82 Å². The molecule has 0 spiro atoms. The summed E-state index contributed by atoms with van der Waals surface area (Å²) >= 11 is 0. The molecule has 0 atom stereocenters. The summed E-state index contributed by atoms with van der Waals surface area (Å²) in [7, 11) is 1.64. The van der Waals surface area contributed by atoms with Crippen LogP contribution in [0.25, 0.3) is 10.8 Å². The molecule has 0 bridgehead atoms. The fourth-order valence-corrected chi connectivity index (χ4v) is 3.64. The van der Waals surface area contributed by atoms with Gasteiger partial charge in [0.05, 0.1) is 33.4 Å². The predicted molar refractivity (Wildman–Crippen MR) is 111 cm³/mol. The molecule has 1 aliphatic rings. The minimum Gasteiger partial charge on any atom is -0.496 e. The topological polar surface area (TPSA) is 94.4 Å². The number of hydrogen-bond donors (Lipinski definition) is 1. The minimum absolute atomic E-state index is 0.0576. The lowest BCUT2D eigenvalue weighted by Crippen LogP contribution is -2.36. The van der Waals surface area contributed by atoms with Crippen molar-refractivity contribution in [3.05, 3.63) is 47.8 Å². The lowest BCUT2D eigenvalue weighted by molar-refractivity contribution is -0.121. The summed E-state index contributed by atoms with van der Waals surface area (Å²) in [5.74, 6) is 1.47. The molecule has 1 amide bonds. The van der Waals surface area contributed by atoms with E-state index in [9.17, 15) is 4.79 Å². The maximum atomic E-state index is 12.5. The third-order valence-electron chi connectivity index (χ3n) is 5.31. The van der Waals surface area contributed by atoms with Crippen molar-refractivity contribution in [2.75, 3.05) is 33.4 Å². The second kappa shape index (κ2) is 9.64. The highest BCUT2D eigenvalue weighted by atomic mass is 16.5. The van der Waals surface area contributed by atoms with Crippen molar-refractivity contribution in [1.29, 1.82) is 0 Å². The molecule has 0 saturated carbocycles. The molecule has 1 saturated heterocycles. The Morgan fingerprint density at radius 2 is 2.03 bits per heavy atom. The summed E-state index contributed by atoms with van der Waals surface area (Å²) in [6, 6.07) is 12.0. The largest absolute Gasteiger partial charge is 0.496 e. The van der Waals surface area contributed by atoms with Crippen LogP contribution < -0.4 is 10.1 Å². The van der Waals surface area contributed by atoms with Crippen molar-refractivity contribution in [2.24, 2.45) is 0 Å². The van der Waals surface area contributed by atoms with Crippen molar-refractivity contribution in [2.45, 2.75) is 26.1 Å². The Labute approximate surface area is 174 Å². The van der Waals surface area contributed by atoms with Crippen LogP contribution in [0, 0.1) is 0 Å². The summed E-state index contributed by atoms with van der Waals surface area (Å²) in [6.45, 7) is 4.67. The number of nitrogens with zero attached hydrogens (tertiary/aromatic N) is 5. The van der Waals surface area contributed by atoms with E-state index in [0.717, 1.165) is 54.2 Å². The molecule has 1 fully saturated rings. The average molecular weight is 410 g/mol. The predicted octanol–water partition coefficient (Wildman–Crippen LogP) is 1.37. The second-order valence-corrected chi connectivity index (χ2v) is 7.20. The van der Waals surface area contributed by atoms with Crippen LogP contribution >= 0.6 is 0 Å². The molecule has 0 unspecified atom stereocenters. The van der Waals surface area contributed by atoms with Gasteiger partial charge in [-0.2, -0.15) is 0 Å². The van der Waals surface area contributed by atoms with Gasteiger partial charge in [-0.3, -0.25) is 9.69 Å². The van der Waals surface area contributed by atoms with E-state index in [1.807, 2.05) is 36.4 Å². The van der Waals surface area contributed by atoms with Gasteiger partial charge in [0.1, 0.15) is 5.75 Å². The van der Waals surface area contributed by atoms with E-state index < -0.39 is 0 Å². The summed E-state index contributed by atoms with van der Waals surface area (Å²) in [4.78, 5) is 14.7. The van der Waals surface area contributed by atoms with Crippen molar-refractivity contribution in [3.8, 4) is 5.75 Å².